The molecule has 1 heterocycles. The van der Waals surface area contributed by atoms with Gasteiger partial charge in [0.05, 0.1) is 22.7 Å². The number of rotatable bonds is 6. The van der Waals surface area contributed by atoms with Gasteiger partial charge in [0, 0.05) is 16.0 Å². The van der Waals surface area contributed by atoms with Crippen molar-refractivity contribution in [3.63, 3.8) is 0 Å². The number of amides is 2. The Bertz CT molecular complexity index is 1460. The van der Waals surface area contributed by atoms with E-state index in [4.69, 9.17) is 8.85 Å². The van der Waals surface area contributed by atoms with Gasteiger partial charge in [0.15, 0.2) is 0 Å². The van der Waals surface area contributed by atoms with Gasteiger partial charge < -0.3 is 10.1 Å². The number of fused-ring (bicyclic) bond motifs is 1. The number of carbonyl (C=O) groups excluding carboxylic acids is 2. The Labute approximate surface area is 214 Å². The van der Waals surface area contributed by atoms with Crippen LogP contribution in [0.5, 0.6) is 0 Å². The number of ether oxygens (including phenoxy) is 1. The van der Waals surface area contributed by atoms with Gasteiger partial charge in [-0.25, -0.2) is 18.9 Å². The highest BCUT2D eigenvalue weighted by Crippen LogP contribution is 2.41. The van der Waals surface area contributed by atoms with Crippen LogP contribution in [0.25, 0.3) is 10.8 Å². The largest absolute Gasteiger partial charge is 0.442 e. The summed E-state index contributed by atoms with van der Waals surface area (Å²) >= 11 is 0. The highest BCUT2D eigenvalue weighted by Gasteiger charge is 2.35. The number of nitrogens with zero attached hydrogens (tertiary/aromatic N) is 2. The SMILES string of the molecule is [2H]C([2H])([2H])c1c(C(=O)N[C@H](c2ccccc2)C2CC2)c2cccc(F)c2c(=O)n1N(CC)C(=O)OC(C)(C)C. The lowest BCUT2D eigenvalue weighted by Crippen LogP contribution is -2.50. The first-order chi connectivity index (χ1) is 18.2. The van der Waals surface area contributed by atoms with Gasteiger partial charge in [-0.1, -0.05) is 42.5 Å². The maximum atomic E-state index is 15.2. The third-order valence-electron chi connectivity index (χ3n) is 6.05. The third kappa shape index (κ3) is 4.98. The fourth-order valence-electron chi connectivity index (χ4n) is 4.29. The van der Waals surface area contributed by atoms with Gasteiger partial charge in [0.2, 0.25) is 0 Å². The van der Waals surface area contributed by atoms with E-state index in [1.54, 1.807) is 20.8 Å². The molecule has 7 nitrogen and oxygen atoms in total. The van der Waals surface area contributed by atoms with Gasteiger partial charge in [0.25, 0.3) is 11.5 Å². The molecule has 2 amide bonds. The molecule has 0 spiro atoms. The lowest BCUT2D eigenvalue weighted by atomic mass is 9.99. The van der Waals surface area contributed by atoms with E-state index in [-0.39, 0.29) is 17.8 Å². The number of nitrogens with one attached hydrogen (secondary N) is 1. The van der Waals surface area contributed by atoms with Gasteiger partial charge in [-0.3, -0.25) is 9.59 Å². The maximum absolute atomic E-state index is 15.2. The number of hydrogen-bond donors (Lipinski definition) is 1. The lowest BCUT2D eigenvalue weighted by molar-refractivity contribution is 0.0537. The number of benzene rings is 2. The minimum Gasteiger partial charge on any atom is -0.442 e. The zero-order valence-electron chi connectivity index (χ0n) is 23.8. The predicted octanol–water partition coefficient (Wildman–Crippen LogP) is 5.22. The topological polar surface area (TPSA) is 80.6 Å². The van der Waals surface area contributed by atoms with Gasteiger partial charge in [-0.05, 0) is 64.9 Å². The summed E-state index contributed by atoms with van der Waals surface area (Å²) in [6, 6.07) is 12.6. The van der Waals surface area contributed by atoms with E-state index < -0.39 is 58.5 Å². The van der Waals surface area contributed by atoms with Crippen molar-refractivity contribution in [2.75, 3.05) is 11.6 Å². The van der Waals surface area contributed by atoms with E-state index in [1.165, 1.54) is 19.1 Å². The van der Waals surface area contributed by atoms with E-state index >= 15 is 4.39 Å². The molecular weight excluding hydrogens is 461 g/mol. The Hall–Kier alpha value is -3.68. The molecule has 1 saturated carbocycles. The lowest BCUT2D eigenvalue weighted by Gasteiger charge is -2.30. The monoisotopic (exact) mass is 496 g/mol. The van der Waals surface area contributed by atoms with Crippen molar-refractivity contribution in [3.05, 3.63) is 81.5 Å². The Balaban J connectivity index is 1.99. The van der Waals surface area contributed by atoms with Crippen molar-refractivity contribution < 1.29 is 22.8 Å². The van der Waals surface area contributed by atoms with E-state index in [9.17, 15) is 14.4 Å². The molecule has 2 aromatic carbocycles. The van der Waals surface area contributed by atoms with E-state index in [0.717, 1.165) is 29.5 Å². The average molecular weight is 497 g/mol. The molecule has 190 valence electrons. The number of aromatic nitrogens is 1. The molecule has 1 N–H and O–H groups in total. The molecule has 1 aliphatic rings. The average Bonchev–Trinajstić information content (AvgIpc) is 3.68. The van der Waals surface area contributed by atoms with Gasteiger partial charge >= 0.3 is 6.09 Å². The molecule has 3 aromatic rings. The van der Waals surface area contributed by atoms with Crippen LogP contribution in [0.2, 0.25) is 0 Å². The number of carbonyl (C=O) groups is 2. The van der Waals surface area contributed by atoms with Crippen molar-refractivity contribution in [2.24, 2.45) is 5.92 Å². The van der Waals surface area contributed by atoms with Gasteiger partial charge in [-0.15, -0.1) is 0 Å². The molecule has 0 aliphatic heterocycles. The van der Waals surface area contributed by atoms with Crippen molar-refractivity contribution in [1.29, 1.82) is 0 Å². The van der Waals surface area contributed by atoms with Crippen molar-refractivity contribution in [3.8, 4) is 0 Å². The molecule has 0 bridgehead atoms. The van der Waals surface area contributed by atoms with Crippen LogP contribution in [0.3, 0.4) is 0 Å². The highest BCUT2D eigenvalue weighted by molar-refractivity contribution is 6.08. The van der Waals surface area contributed by atoms with E-state index in [1.807, 2.05) is 30.3 Å². The van der Waals surface area contributed by atoms with Crippen LogP contribution >= 0.6 is 0 Å². The molecular formula is C28H32FN3O4. The summed E-state index contributed by atoms with van der Waals surface area (Å²) in [5.41, 5.74) is -2.30. The molecule has 0 saturated heterocycles. The van der Waals surface area contributed by atoms with Crippen LogP contribution in [-0.4, -0.2) is 28.8 Å². The van der Waals surface area contributed by atoms with Crippen LogP contribution in [-0.2, 0) is 4.74 Å². The summed E-state index contributed by atoms with van der Waals surface area (Å²) in [5, 5.41) is 3.08. The minimum atomic E-state index is -3.04. The quantitative estimate of drug-likeness (QED) is 0.507. The van der Waals surface area contributed by atoms with Crippen LogP contribution < -0.4 is 15.9 Å². The zero-order chi connectivity index (χ0) is 28.7. The fraction of sp³-hybridized carbons (Fsp3) is 0.393. The molecule has 36 heavy (non-hydrogen) atoms. The molecule has 8 heteroatoms. The highest BCUT2D eigenvalue weighted by atomic mass is 19.1. The number of halogens is 1. The molecule has 4 rings (SSSR count). The van der Waals surface area contributed by atoms with Crippen LogP contribution in [0, 0.1) is 18.6 Å². The number of pyridine rings is 1. The summed E-state index contributed by atoms with van der Waals surface area (Å²) in [4.78, 5) is 40.9. The normalized spacial score (nSPS) is 16.0. The van der Waals surface area contributed by atoms with E-state index in [2.05, 4.69) is 5.32 Å². The van der Waals surface area contributed by atoms with Crippen molar-refractivity contribution in [2.45, 2.75) is 59.0 Å². The molecule has 1 atom stereocenters. The second kappa shape index (κ2) is 9.76. The Morgan fingerprint density at radius 3 is 2.47 bits per heavy atom. The molecule has 1 aromatic heterocycles. The van der Waals surface area contributed by atoms with Crippen molar-refractivity contribution >= 4 is 22.8 Å². The molecule has 1 fully saturated rings. The molecule has 0 unspecified atom stereocenters. The maximum Gasteiger partial charge on any atom is 0.429 e. The first-order valence-corrected chi connectivity index (χ1v) is 12.0. The van der Waals surface area contributed by atoms with Gasteiger partial charge in [0.1, 0.15) is 11.4 Å². The predicted molar refractivity (Wildman–Crippen MR) is 137 cm³/mol. The van der Waals surface area contributed by atoms with Gasteiger partial charge in [-0.2, -0.15) is 0 Å². The fourth-order valence-corrected chi connectivity index (χ4v) is 4.29. The molecule has 1 aliphatic carbocycles. The first-order valence-electron chi connectivity index (χ1n) is 13.5. The van der Waals surface area contributed by atoms with Crippen LogP contribution in [0.4, 0.5) is 9.18 Å². The smallest absolute Gasteiger partial charge is 0.429 e. The second-order valence-electron chi connectivity index (χ2n) is 9.90. The standard InChI is InChI=1S/C28H32FN3O4/c1-6-31(27(35)36-28(3,4)5)32-17(2)22(20-13-10-14-21(29)23(20)26(32)34)25(33)30-24(19-15-16-19)18-11-8-7-9-12-18/h7-14,19,24H,6,15-16H2,1-5H3,(H,30,33)/t24-/m1/s1/i2D3. The summed E-state index contributed by atoms with van der Waals surface area (Å²) in [5.74, 6) is -1.58. The Morgan fingerprint density at radius 2 is 1.89 bits per heavy atom. The third-order valence-corrected chi connectivity index (χ3v) is 6.05. The van der Waals surface area contributed by atoms with Crippen molar-refractivity contribution in [1.82, 2.24) is 9.99 Å². The Kier molecular flexibility index (Phi) is 5.85. The minimum absolute atomic E-state index is 0.148. The number of hydrogen-bond acceptors (Lipinski definition) is 4. The van der Waals surface area contributed by atoms with E-state index in [0.29, 0.717) is 4.68 Å². The zero-order valence-corrected chi connectivity index (χ0v) is 20.8. The summed E-state index contributed by atoms with van der Waals surface area (Å²) < 4.78 is 46.2. The first kappa shape index (κ1) is 21.6. The summed E-state index contributed by atoms with van der Waals surface area (Å²) in [6.07, 6.45) is 0.742. The van der Waals surface area contributed by atoms with Crippen LogP contribution in [0.1, 0.15) is 72.3 Å². The molecule has 0 radical (unpaired) electrons. The van der Waals surface area contributed by atoms with Crippen LogP contribution in [0.15, 0.2) is 53.3 Å². The summed E-state index contributed by atoms with van der Waals surface area (Å²) in [6.45, 7) is 3.15. The summed E-state index contributed by atoms with van der Waals surface area (Å²) in [7, 11) is 0. The Morgan fingerprint density at radius 1 is 1.19 bits per heavy atom. The second-order valence-corrected chi connectivity index (χ2v) is 9.90.